The summed E-state index contributed by atoms with van der Waals surface area (Å²) in [5.41, 5.74) is 4.55. The lowest BCUT2D eigenvalue weighted by Crippen LogP contribution is -2.00. The Bertz CT molecular complexity index is 409. The van der Waals surface area contributed by atoms with Crippen molar-refractivity contribution in [1.29, 1.82) is 0 Å². The number of aliphatic imine (C=N–C) groups is 1. The van der Waals surface area contributed by atoms with Crippen molar-refractivity contribution in [1.82, 2.24) is 0 Å². The van der Waals surface area contributed by atoms with Gasteiger partial charge in [0.05, 0.1) is 5.69 Å². The van der Waals surface area contributed by atoms with E-state index < -0.39 is 0 Å². The molecule has 2 heteroatoms. The van der Waals surface area contributed by atoms with E-state index in [0.717, 1.165) is 16.8 Å². The van der Waals surface area contributed by atoms with E-state index in [2.05, 4.69) is 44.5 Å². The topological polar surface area (TPSA) is 12.4 Å². The zero-order valence-electron chi connectivity index (χ0n) is 10.3. The van der Waals surface area contributed by atoms with Crippen LogP contribution in [0.2, 0.25) is 0 Å². The molecule has 1 unspecified atom stereocenters. The smallest absolute Gasteiger partial charge is 0.113 e. The first-order chi connectivity index (χ1) is 7.45. The van der Waals surface area contributed by atoms with Gasteiger partial charge < -0.3 is 0 Å². The summed E-state index contributed by atoms with van der Waals surface area (Å²) in [7, 11) is 0. The number of hydrogen-bond acceptors (Lipinski definition) is 1. The third-order valence-electron chi connectivity index (χ3n) is 2.58. The van der Waals surface area contributed by atoms with Crippen molar-refractivity contribution in [3.05, 3.63) is 41.5 Å². The SMILES string of the molecule is C=CC(C)C(Cl)=Nc1c(C)cc(C)cc1C. The van der Waals surface area contributed by atoms with Crippen molar-refractivity contribution in [3.63, 3.8) is 0 Å². The molecule has 0 aliphatic heterocycles. The number of rotatable bonds is 3. The molecule has 0 spiro atoms. The summed E-state index contributed by atoms with van der Waals surface area (Å²) in [5, 5.41) is 0.588. The first-order valence-corrected chi connectivity index (χ1v) is 5.78. The molecule has 1 aromatic rings. The predicted octanol–water partition coefficient (Wildman–Crippen LogP) is 4.70. The summed E-state index contributed by atoms with van der Waals surface area (Å²) in [4.78, 5) is 4.48. The first kappa shape index (κ1) is 13.0. The third kappa shape index (κ3) is 2.96. The lowest BCUT2D eigenvalue weighted by Gasteiger charge is -2.09. The van der Waals surface area contributed by atoms with Crippen LogP contribution in [0.15, 0.2) is 29.8 Å². The van der Waals surface area contributed by atoms with Gasteiger partial charge in [-0.2, -0.15) is 0 Å². The van der Waals surface area contributed by atoms with E-state index in [1.54, 1.807) is 6.08 Å². The molecule has 86 valence electrons. The fourth-order valence-corrected chi connectivity index (χ4v) is 1.83. The van der Waals surface area contributed by atoms with Gasteiger partial charge in [0, 0.05) is 5.92 Å². The Kier molecular flexibility index (Phi) is 4.31. The van der Waals surface area contributed by atoms with Crippen molar-refractivity contribution < 1.29 is 0 Å². The lowest BCUT2D eigenvalue weighted by molar-refractivity contribution is 1.02. The molecule has 1 rings (SSSR count). The molecular weight excluding hydrogens is 218 g/mol. The van der Waals surface area contributed by atoms with Crippen LogP contribution in [0, 0.1) is 26.7 Å². The van der Waals surface area contributed by atoms with Crippen LogP contribution in [0.1, 0.15) is 23.6 Å². The second-order valence-electron chi connectivity index (χ2n) is 4.21. The monoisotopic (exact) mass is 235 g/mol. The van der Waals surface area contributed by atoms with Gasteiger partial charge in [-0.15, -0.1) is 6.58 Å². The zero-order valence-corrected chi connectivity index (χ0v) is 11.1. The minimum Gasteiger partial charge on any atom is -0.240 e. The van der Waals surface area contributed by atoms with Crippen molar-refractivity contribution in [2.75, 3.05) is 0 Å². The van der Waals surface area contributed by atoms with E-state index in [4.69, 9.17) is 11.6 Å². The van der Waals surface area contributed by atoms with Gasteiger partial charge in [0.15, 0.2) is 0 Å². The second-order valence-corrected chi connectivity index (χ2v) is 4.59. The maximum absolute atomic E-state index is 6.13. The fourth-order valence-electron chi connectivity index (χ4n) is 1.65. The van der Waals surface area contributed by atoms with Gasteiger partial charge in [0.2, 0.25) is 0 Å². The van der Waals surface area contributed by atoms with Crippen LogP contribution >= 0.6 is 11.6 Å². The number of allylic oxidation sites excluding steroid dienone is 1. The van der Waals surface area contributed by atoms with Crippen molar-refractivity contribution in [3.8, 4) is 0 Å². The van der Waals surface area contributed by atoms with Crippen molar-refractivity contribution >= 4 is 22.5 Å². The Morgan fingerprint density at radius 2 is 1.81 bits per heavy atom. The van der Waals surface area contributed by atoms with Gasteiger partial charge in [0.25, 0.3) is 0 Å². The van der Waals surface area contributed by atoms with Gasteiger partial charge in [-0.05, 0) is 31.9 Å². The van der Waals surface area contributed by atoms with E-state index in [9.17, 15) is 0 Å². The maximum Gasteiger partial charge on any atom is 0.113 e. The second kappa shape index (κ2) is 5.31. The van der Waals surface area contributed by atoms with Crippen LogP contribution in [0.25, 0.3) is 0 Å². The highest BCUT2D eigenvalue weighted by molar-refractivity contribution is 6.66. The number of aryl methyl sites for hydroxylation is 3. The van der Waals surface area contributed by atoms with Crippen molar-refractivity contribution in [2.45, 2.75) is 27.7 Å². The Hall–Kier alpha value is -1.08. The fraction of sp³-hybridized carbons (Fsp3) is 0.357. The summed E-state index contributed by atoms with van der Waals surface area (Å²) in [6, 6.07) is 4.24. The summed E-state index contributed by atoms with van der Waals surface area (Å²) in [6.45, 7) is 11.9. The standard InChI is InChI=1S/C14H18ClN/c1-6-10(3)14(15)16-13-11(4)7-9(2)8-12(13)5/h6-8,10H,1H2,2-5H3. The predicted molar refractivity (Wildman–Crippen MR) is 73.0 cm³/mol. The normalized spacial score (nSPS) is 13.7. The highest BCUT2D eigenvalue weighted by Gasteiger charge is 2.07. The Morgan fingerprint density at radius 3 is 2.25 bits per heavy atom. The maximum atomic E-state index is 6.13. The lowest BCUT2D eigenvalue weighted by atomic mass is 10.1. The Balaban J connectivity index is 3.20. The van der Waals surface area contributed by atoms with E-state index in [1.807, 2.05) is 6.92 Å². The molecule has 16 heavy (non-hydrogen) atoms. The van der Waals surface area contributed by atoms with Gasteiger partial charge >= 0.3 is 0 Å². The molecule has 0 heterocycles. The molecule has 1 aromatic carbocycles. The summed E-state index contributed by atoms with van der Waals surface area (Å²) in [5.74, 6) is 0.0989. The largest absolute Gasteiger partial charge is 0.240 e. The molecule has 0 saturated heterocycles. The zero-order chi connectivity index (χ0) is 12.3. The molecule has 0 radical (unpaired) electrons. The summed E-state index contributed by atoms with van der Waals surface area (Å²) in [6.07, 6.45) is 1.80. The molecule has 0 fully saturated rings. The highest BCUT2D eigenvalue weighted by Crippen LogP contribution is 2.26. The first-order valence-electron chi connectivity index (χ1n) is 5.40. The molecule has 0 aromatic heterocycles. The van der Waals surface area contributed by atoms with E-state index >= 15 is 0 Å². The Morgan fingerprint density at radius 1 is 1.31 bits per heavy atom. The average Bonchev–Trinajstić information content (AvgIpc) is 2.21. The van der Waals surface area contributed by atoms with Gasteiger partial charge in [-0.25, -0.2) is 4.99 Å². The molecule has 0 N–H and O–H groups in total. The number of nitrogens with zero attached hydrogens (tertiary/aromatic N) is 1. The Labute approximate surface area is 103 Å². The molecule has 0 aliphatic rings. The summed E-state index contributed by atoms with van der Waals surface area (Å²) >= 11 is 6.13. The molecule has 1 nitrogen and oxygen atoms in total. The van der Waals surface area contributed by atoms with Crippen LogP contribution < -0.4 is 0 Å². The van der Waals surface area contributed by atoms with E-state index in [-0.39, 0.29) is 5.92 Å². The molecule has 0 bridgehead atoms. The van der Waals surface area contributed by atoms with E-state index in [0.29, 0.717) is 5.17 Å². The quantitative estimate of drug-likeness (QED) is 0.532. The van der Waals surface area contributed by atoms with E-state index in [1.165, 1.54) is 5.56 Å². The van der Waals surface area contributed by atoms with Gasteiger partial charge in [-0.1, -0.05) is 42.3 Å². The molecule has 0 aliphatic carbocycles. The number of halogens is 1. The van der Waals surface area contributed by atoms with Gasteiger partial charge in [-0.3, -0.25) is 0 Å². The van der Waals surface area contributed by atoms with Crippen LogP contribution in [0.4, 0.5) is 5.69 Å². The minimum absolute atomic E-state index is 0.0989. The number of benzene rings is 1. The third-order valence-corrected chi connectivity index (χ3v) is 3.01. The molecule has 0 amide bonds. The number of hydrogen-bond donors (Lipinski definition) is 0. The minimum atomic E-state index is 0.0989. The van der Waals surface area contributed by atoms with Crippen LogP contribution in [-0.2, 0) is 0 Å². The highest BCUT2D eigenvalue weighted by atomic mass is 35.5. The molecule has 0 saturated carbocycles. The average molecular weight is 236 g/mol. The van der Waals surface area contributed by atoms with Gasteiger partial charge in [0.1, 0.15) is 5.17 Å². The molecular formula is C14H18ClN. The van der Waals surface area contributed by atoms with Crippen LogP contribution in [0.5, 0.6) is 0 Å². The van der Waals surface area contributed by atoms with Crippen LogP contribution in [0.3, 0.4) is 0 Å². The molecule has 1 atom stereocenters. The summed E-state index contributed by atoms with van der Waals surface area (Å²) < 4.78 is 0. The van der Waals surface area contributed by atoms with Crippen molar-refractivity contribution in [2.24, 2.45) is 10.9 Å². The van der Waals surface area contributed by atoms with Crippen LogP contribution in [-0.4, -0.2) is 5.17 Å².